The highest BCUT2D eigenvalue weighted by atomic mass is 79.9. The number of anilines is 1. The van der Waals surface area contributed by atoms with Crippen molar-refractivity contribution in [2.45, 2.75) is 57.2 Å². The minimum atomic E-state index is -1.08. The Bertz CT molecular complexity index is 1030. The molecule has 9 heteroatoms. The highest BCUT2D eigenvalue weighted by Gasteiger charge is 2.46. The molecule has 31 heavy (non-hydrogen) atoms. The van der Waals surface area contributed by atoms with Gasteiger partial charge in [-0.15, -0.1) is 0 Å². The maximum absolute atomic E-state index is 13.1. The van der Waals surface area contributed by atoms with E-state index in [1.165, 1.54) is 22.1 Å². The van der Waals surface area contributed by atoms with Crippen molar-refractivity contribution in [3.05, 3.63) is 46.2 Å². The van der Waals surface area contributed by atoms with Gasteiger partial charge in [0, 0.05) is 23.6 Å². The molecule has 1 aromatic heterocycles. The maximum atomic E-state index is 13.1. The van der Waals surface area contributed by atoms with Crippen LogP contribution >= 0.6 is 15.9 Å². The molecule has 8 nitrogen and oxygen atoms in total. The zero-order valence-corrected chi connectivity index (χ0v) is 19.2. The number of nitrogens with zero attached hydrogens (tertiary/aromatic N) is 3. The molecule has 0 radical (unpaired) electrons. The zero-order chi connectivity index (χ0) is 22.2. The van der Waals surface area contributed by atoms with Gasteiger partial charge in [-0.05, 0) is 47.8 Å². The van der Waals surface area contributed by atoms with Crippen LogP contribution in [0.15, 0.2) is 34.8 Å². The van der Waals surface area contributed by atoms with Gasteiger partial charge in [-0.25, -0.2) is 0 Å². The molecule has 2 N–H and O–H groups in total. The fraction of sp³-hybridized carbons (Fsp3) is 0.455. The molecule has 3 amide bonds. The van der Waals surface area contributed by atoms with Crippen molar-refractivity contribution in [1.29, 1.82) is 0 Å². The summed E-state index contributed by atoms with van der Waals surface area (Å²) >= 11 is 3.40. The van der Waals surface area contributed by atoms with Crippen LogP contribution in [0.4, 0.5) is 5.69 Å². The molecular formula is C22H26BrN5O3. The summed E-state index contributed by atoms with van der Waals surface area (Å²) in [6, 6.07) is 8.87. The van der Waals surface area contributed by atoms with E-state index in [4.69, 9.17) is 0 Å². The minimum absolute atomic E-state index is 0.129. The van der Waals surface area contributed by atoms with Gasteiger partial charge in [0.2, 0.25) is 5.91 Å². The summed E-state index contributed by atoms with van der Waals surface area (Å²) in [6.45, 7) is 1.93. The van der Waals surface area contributed by atoms with Crippen LogP contribution in [0.5, 0.6) is 0 Å². The number of carbonyl (C=O) groups excluding carboxylic acids is 3. The molecule has 2 aromatic rings. The van der Waals surface area contributed by atoms with Crippen molar-refractivity contribution in [2.75, 3.05) is 12.4 Å². The molecule has 2 heterocycles. The monoisotopic (exact) mass is 487 g/mol. The van der Waals surface area contributed by atoms with Gasteiger partial charge in [-0.3, -0.25) is 19.1 Å². The van der Waals surface area contributed by atoms with E-state index in [-0.39, 0.29) is 30.1 Å². The van der Waals surface area contributed by atoms with Crippen LogP contribution in [0.2, 0.25) is 0 Å². The van der Waals surface area contributed by atoms with Gasteiger partial charge in [-0.2, -0.15) is 5.10 Å². The van der Waals surface area contributed by atoms with Crippen LogP contribution in [-0.2, 0) is 11.3 Å². The number of rotatable bonds is 4. The number of carbonyl (C=O) groups is 3. The van der Waals surface area contributed by atoms with E-state index < -0.39 is 11.4 Å². The first-order valence-electron chi connectivity index (χ1n) is 10.5. The van der Waals surface area contributed by atoms with Gasteiger partial charge >= 0.3 is 0 Å². The quantitative estimate of drug-likeness (QED) is 0.691. The summed E-state index contributed by atoms with van der Waals surface area (Å²) in [7, 11) is 1.63. The van der Waals surface area contributed by atoms with E-state index in [0.717, 1.165) is 30.2 Å². The van der Waals surface area contributed by atoms with Crippen molar-refractivity contribution in [3.63, 3.8) is 0 Å². The number of para-hydroxylation sites is 1. The number of amides is 3. The van der Waals surface area contributed by atoms with Crippen molar-refractivity contribution in [2.24, 2.45) is 0 Å². The van der Waals surface area contributed by atoms with E-state index in [1.807, 2.05) is 18.2 Å². The van der Waals surface area contributed by atoms with E-state index in [0.29, 0.717) is 11.4 Å². The predicted molar refractivity (Wildman–Crippen MR) is 120 cm³/mol. The lowest BCUT2D eigenvalue weighted by Crippen LogP contribution is -2.63. The average molecular weight is 488 g/mol. The summed E-state index contributed by atoms with van der Waals surface area (Å²) in [5, 5.41) is 10.3. The smallest absolute Gasteiger partial charge is 0.276 e. The molecule has 1 aliphatic heterocycles. The Balaban J connectivity index is 1.54. The van der Waals surface area contributed by atoms with Gasteiger partial charge in [-0.1, -0.05) is 31.4 Å². The van der Waals surface area contributed by atoms with Crippen LogP contribution in [0.3, 0.4) is 0 Å². The molecule has 0 saturated heterocycles. The number of benzene rings is 1. The van der Waals surface area contributed by atoms with Gasteiger partial charge in [0.15, 0.2) is 5.69 Å². The number of nitrogens with one attached hydrogen (secondary N) is 2. The highest BCUT2D eigenvalue weighted by Crippen LogP contribution is 2.28. The third-order valence-electron chi connectivity index (χ3n) is 6.29. The predicted octanol–water partition coefficient (Wildman–Crippen LogP) is 3.19. The zero-order valence-electron chi connectivity index (χ0n) is 17.7. The second-order valence-corrected chi connectivity index (χ2v) is 9.31. The number of halogens is 1. The molecule has 0 unspecified atom stereocenters. The van der Waals surface area contributed by atoms with E-state index in [1.54, 1.807) is 20.0 Å². The largest absolute Gasteiger partial charge is 0.351 e. The first kappa shape index (κ1) is 21.5. The number of likely N-dealkylation sites (N-methyl/N-ethyl adjacent to an activating group) is 1. The SMILES string of the molecule is CN1C(=O)c2cc(C(=O)Nc3ccccc3Br)nn2C[C@]1(C)C(=O)NC1CCCCC1. The Morgan fingerprint density at radius 3 is 2.61 bits per heavy atom. The average Bonchev–Trinajstić information content (AvgIpc) is 3.18. The summed E-state index contributed by atoms with van der Waals surface area (Å²) in [4.78, 5) is 40.3. The number of hydrogen-bond donors (Lipinski definition) is 2. The molecule has 0 spiro atoms. The number of fused-ring (bicyclic) bond motifs is 1. The van der Waals surface area contributed by atoms with Crippen LogP contribution in [-0.4, -0.2) is 51.0 Å². The fourth-order valence-electron chi connectivity index (χ4n) is 4.17. The summed E-state index contributed by atoms with van der Waals surface area (Å²) in [6.07, 6.45) is 5.34. The van der Waals surface area contributed by atoms with E-state index in [2.05, 4.69) is 31.7 Å². The third kappa shape index (κ3) is 4.11. The number of hydrogen-bond acceptors (Lipinski definition) is 4. The van der Waals surface area contributed by atoms with Crippen LogP contribution in [0.1, 0.15) is 60.0 Å². The third-order valence-corrected chi connectivity index (χ3v) is 6.98. The Labute approximate surface area is 189 Å². The van der Waals surface area contributed by atoms with Crippen LogP contribution in [0, 0.1) is 0 Å². The molecule has 0 bridgehead atoms. The van der Waals surface area contributed by atoms with Gasteiger partial charge in [0.25, 0.3) is 11.8 Å². The first-order chi connectivity index (χ1) is 14.8. The van der Waals surface area contributed by atoms with Crippen molar-refractivity contribution < 1.29 is 14.4 Å². The lowest BCUT2D eigenvalue weighted by atomic mass is 9.92. The van der Waals surface area contributed by atoms with Crippen LogP contribution in [0.25, 0.3) is 0 Å². The Morgan fingerprint density at radius 2 is 1.90 bits per heavy atom. The number of aromatic nitrogens is 2. The Morgan fingerprint density at radius 1 is 1.19 bits per heavy atom. The van der Waals surface area contributed by atoms with Gasteiger partial charge in [0.05, 0.1) is 12.2 Å². The Kier molecular flexibility index (Phi) is 5.88. The van der Waals surface area contributed by atoms with Gasteiger partial charge in [0.1, 0.15) is 11.2 Å². The van der Waals surface area contributed by atoms with Crippen molar-refractivity contribution in [1.82, 2.24) is 20.0 Å². The lowest BCUT2D eigenvalue weighted by Gasteiger charge is -2.41. The fourth-order valence-corrected chi connectivity index (χ4v) is 4.56. The minimum Gasteiger partial charge on any atom is -0.351 e. The van der Waals surface area contributed by atoms with E-state index in [9.17, 15) is 14.4 Å². The molecule has 1 atom stereocenters. The van der Waals surface area contributed by atoms with Crippen molar-refractivity contribution >= 4 is 39.3 Å². The Hall–Kier alpha value is -2.68. The summed E-state index contributed by atoms with van der Waals surface area (Å²) in [5.74, 6) is -0.937. The molecular weight excluding hydrogens is 462 g/mol. The first-order valence-corrected chi connectivity index (χ1v) is 11.3. The van der Waals surface area contributed by atoms with Crippen LogP contribution < -0.4 is 10.6 Å². The molecule has 2 aliphatic rings. The highest BCUT2D eigenvalue weighted by molar-refractivity contribution is 9.10. The summed E-state index contributed by atoms with van der Waals surface area (Å²) < 4.78 is 2.22. The molecule has 4 rings (SSSR count). The molecule has 1 aliphatic carbocycles. The summed E-state index contributed by atoms with van der Waals surface area (Å²) in [5.41, 5.74) is -0.0465. The normalized spacial score (nSPS) is 21.5. The van der Waals surface area contributed by atoms with Crippen molar-refractivity contribution in [3.8, 4) is 0 Å². The second-order valence-electron chi connectivity index (χ2n) is 8.45. The second kappa shape index (κ2) is 8.45. The topological polar surface area (TPSA) is 96.3 Å². The van der Waals surface area contributed by atoms with Gasteiger partial charge < -0.3 is 15.5 Å². The molecule has 1 saturated carbocycles. The standard InChI is InChI=1S/C22H26BrN5O3/c1-22(21(31)24-14-8-4-3-5-9-14)13-28-18(20(30)27(22)2)12-17(26-28)19(29)25-16-11-7-6-10-15(16)23/h6-7,10-12,14H,3-5,8-9,13H2,1-2H3,(H,24,31)(H,25,29)/t22-/m1/s1. The maximum Gasteiger partial charge on any atom is 0.276 e. The molecule has 1 fully saturated rings. The lowest BCUT2D eigenvalue weighted by molar-refractivity contribution is -0.133. The molecule has 164 valence electrons. The molecule has 1 aromatic carbocycles. The van der Waals surface area contributed by atoms with E-state index >= 15 is 0 Å².